The van der Waals surface area contributed by atoms with E-state index in [1.165, 1.54) is 18.2 Å². The van der Waals surface area contributed by atoms with Crippen molar-refractivity contribution in [1.82, 2.24) is 0 Å². The summed E-state index contributed by atoms with van der Waals surface area (Å²) in [5, 5.41) is 1.63. The normalized spacial score (nSPS) is 14.2. The van der Waals surface area contributed by atoms with Gasteiger partial charge in [0.05, 0.1) is 27.8 Å². The third-order valence-electron chi connectivity index (χ3n) is 16.1. The van der Waals surface area contributed by atoms with Gasteiger partial charge in [0.25, 0.3) is 0 Å². The quantitative estimate of drug-likeness (QED) is 0.148. The monoisotopic (exact) mass is 1080 g/mol. The standard InChI is InChI=1S/C68H45F9N2O/c1-40-14-8-23-53-54-24-13-29-61(63(54)80-62(40)53)79(48-22-12-19-45(37-48)68(75,76)77)50-31-33-52-51-32-30-49(38-59(51)65(60(52)39-50)57-27-6-4-25-55(57)64(2,3)56-26-5-7-28-58(56)65)78(47-21-11-18-44(36-47)67(72,73)74)46-20-10-16-42(35-46)41-15-9-17-43(34-41)66(69,70)71/h4-39H,1-3H3. The van der Waals surface area contributed by atoms with E-state index < -0.39 is 46.0 Å². The number of para-hydroxylation sites is 2. The molecule has 0 radical (unpaired) electrons. The van der Waals surface area contributed by atoms with Crippen LogP contribution in [-0.2, 0) is 29.4 Å². The number of benzene rings is 10. The Morgan fingerprint density at radius 1 is 0.350 bits per heavy atom. The Kier molecular flexibility index (Phi) is 11.4. The molecule has 11 aromatic rings. The average Bonchev–Trinajstić information content (AvgIpc) is 1.88. The SMILES string of the molecule is Cc1cccc2c1oc1c(N(c3cccc(C(F)(F)F)c3)c3ccc4c(c3)C3(c5cc(N(c6cccc(-c7cccc(C(F)(F)F)c7)c6)c6cccc(C(F)(F)F)c6)ccc5-4)c4ccccc4C(C)(C)c4ccccc43)cccc12. The molecule has 0 saturated carbocycles. The van der Waals surface area contributed by atoms with Gasteiger partial charge >= 0.3 is 18.5 Å². The molecular formula is C68H45F9N2O. The number of anilines is 6. The first-order valence-corrected chi connectivity index (χ1v) is 25.9. The number of nitrogens with zero attached hydrogens (tertiary/aromatic N) is 2. The number of rotatable bonds is 7. The van der Waals surface area contributed by atoms with E-state index in [4.69, 9.17) is 4.42 Å². The molecule has 2 aliphatic carbocycles. The second-order valence-corrected chi connectivity index (χ2v) is 21.0. The highest BCUT2D eigenvalue weighted by Crippen LogP contribution is 2.64. The van der Waals surface area contributed by atoms with Crippen LogP contribution in [-0.4, -0.2) is 0 Å². The number of hydrogen-bond acceptors (Lipinski definition) is 3. The predicted molar refractivity (Wildman–Crippen MR) is 298 cm³/mol. The highest BCUT2D eigenvalue weighted by molar-refractivity contribution is 6.11. The molecule has 1 heterocycles. The van der Waals surface area contributed by atoms with Gasteiger partial charge in [0, 0.05) is 44.6 Å². The van der Waals surface area contributed by atoms with Crippen molar-refractivity contribution < 1.29 is 43.9 Å². The zero-order chi connectivity index (χ0) is 55.7. The highest BCUT2D eigenvalue weighted by atomic mass is 19.4. The molecule has 3 nitrogen and oxygen atoms in total. The van der Waals surface area contributed by atoms with Crippen LogP contribution in [0.3, 0.4) is 0 Å². The van der Waals surface area contributed by atoms with Crippen molar-refractivity contribution in [2.75, 3.05) is 9.80 Å². The van der Waals surface area contributed by atoms with Crippen LogP contribution in [0, 0.1) is 6.92 Å². The lowest BCUT2D eigenvalue weighted by atomic mass is 9.55. The molecule has 12 heteroatoms. The van der Waals surface area contributed by atoms with Gasteiger partial charge in [0.1, 0.15) is 5.58 Å². The molecule has 0 bridgehead atoms. The van der Waals surface area contributed by atoms with Crippen LogP contribution < -0.4 is 9.80 Å². The van der Waals surface area contributed by atoms with E-state index in [0.29, 0.717) is 39.5 Å². The van der Waals surface area contributed by atoms with Crippen LogP contribution in [0.25, 0.3) is 44.2 Å². The number of aryl methyl sites for hydroxylation is 1. The summed E-state index contributed by atoms with van der Waals surface area (Å²) in [4.78, 5) is 3.49. The van der Waals surface area contributed by atoms with E-state index in [1.807, 2.05) is 104 Å². The maximum absolute atomic E-state index is 14.8. The van der Waals surface area contributed by atoms with Crippen LogP contribution in [0.4, 0.5) is 73.6 Å². The number of furan rings is 1. The van der Waals surface area contributed by atoms with E-state index in [1.54, 1.807) is 52.3 Å². The molecular weight excluding hydrogens is 1030 g/mol. The summed E-state index contributed by atoms with van der Waals surface area (Å²) in [6.45, 7) is 6.27. The number of alkyl halides is 9. The van der Waals surface area contributed by atoms with E-state index in [2.05, 4.69) is 38.1 Å². The van der Waals surface area contributed by atoms with Gasteiger partial charge in [-0.2, -0.15) is 39.5 Å². The molecule has 10 aromatic carbocycles. The molecule has 1 spiro atoms. The summed E-state index contributed by atoms with van der Waals surface area (Å²) in [5.74, 6) is 0. The van der Waals surface area contributed by atoms with Crippen LogP contribution >= 0.6 is 0 Å². The Bertz CT molecular complexity index is 4250. The minimum Gasteiger partial charge on any atom is -0.454 e. The summed E-state index contributed by atoms with van der Waals surface area (Å²) < 4.78 is 138. The third-order valence-corrected chi connectivity index (χ3v) is 16.1. The number of fused-ring (bicyclic) bond motifs is 12. The second kappa shape index (κ2) is 18.0. The van der Waals surface area contributed by atoms with Crippen molar-refractivity contribution in [3.8, 4) is 22.3 Å². The largest absolute Gasteiger partial charge is 0.454 e. The lowest BCUT2D eigenvalue weighted by Crippen LogP contribution is -2.40. The molecule has 396 valence electrons. The maximum atomic E-state index is 14.8. The van der Waals surface area contributed by atoms with E-state index >= 15 is 0 Å². The van der Waals surface area contributed by atoms with E-state index in [0.717, 1.165) is 97.2 Å². The molecule has 0 aliphatic heterocycles. The number of halogens is 9. The first kappa shape index (κ1) is 50.5. The van der Waals surface area contributed by atoms with E-state index in [9.17, 15) is 39.5 Å². The van der Waals surface area contributed by atoms with Crippen molar-refractivity contribution in [1.29, 1.82) is 0 Å². The van der Waals surface area contributed by atoms with E-state index in [-0.39, 0.29) is 16.9 Å². The molecule has 1 aromatic heterocycles. The van der Waals surface area contributed by atoms with Crippen molar-refractivity contribution in [3.63, 3.8) is 0 Å². The lowest BCUT2D eigenvalue weighted by molar-refractivity contribution is -0.138. The molecule has 2 aliphatic rings. The Morgan fingerprint density at radius 3 is 1.31 bits per heavy atom. The van der Waals surface area contributed by atoms with Gasteiger partial charge in [0.15, 0.2) is 5.58 Å². The molecule has 0 fully saturated rings. The fourth-order valence-electron chi connectivity index (χ4n) is 12.5. The first-order valence-electron chi connectivity index (χ1n) is 25.9. The Balaban J connectivity index is 1.09. The van der Waals surface area contributed by atoms with Gasteiger partial charge in [0.2, 0.25) is 0 Å². The van der Waals surface area contributed by atoms with Gasteiger partial charge < -0.3 is 14.2 Å². The second-order valence-electron chi connectivity index (χ2n) is 21.0. The van der Waals surface area contributed by atoms with Gasteiger partial charge in [-0.3, -0.25) is 0 Å². The summed E-state index contributed by atoms with van der Waals surface area (Å²) >= 11 is 0. The first-order chi connectivity index (χ1) is 38.2. The summed E-state index contributed by atoms with van der Waals surface area (Å²) in [7, 11) is 0. The topological polar surface area (TPSA) is 19.6 Å². The van der Waals surface area contributed by atoms with Gasteiger partial charge in [-0.1, -0.05) is 141 Å². The predicted octanol–water partition coefficient (Wildman–Crippen LogP) is 20.6. The maximum Gasteiger partial charge on any atom is 0.416 e. The summed E-state index contributed by atoms with van der Waals surface area (Å²) in [5.41, 5.74) is 7.67. The fourth-order valence-corrected chi connectivity index (χ4v) is 12.5. The third kappa shape index (κ3) is 7.89. The smallest absolute Gasteiger partial charge is 0.416 e. The highest BCUT2D eigenvalue weighted by Gasteiger charge is 2.54. The Morgan fingerprint density at radius 2 is 0.762 bits per heavy atom. The van der Waals surface area contributed by atoms with Crippen molar-refractivity contribution in [2.24, 2.45) is 0 Å². The fraction of sp³-hybridized carbons (Fsp3) is 0.118. The molecule has 0 saturated heterocycles. The molecule has 0 N–H and O–H groups in total. The van der Waals surface area contributed by atoms with Crippen molar-refractivity contribution in [2.45, 2.75) is 50.1 Å². The average molecular weight is 1080 g/mol. The Hall–Kier alpha value is -9.03. The van der Waals surface area contributed by atoms with Crippen molar-refractivity contribution >= 4 is 56.1 Å². The van der Waals surface area contributed by atoms with Gasteiger partial charge in [-0.15, -0.1) is 0 Å². The lowest BCUT2D eigenvalue weighted by Gasteiger charge is -2.47. The minimum atomic E-state index is -4.72. The molecule has 80 heavy (non-hydrogen) atoms. The van der Waals surface area contributed by atoms with Gasteiger partial charge in [-0.25, -0.2) is 0 Å². The zero-order valence-electron chi connectivity index (χ0n) is 43.0. The molecule has 0 atom stereocenters. The molecule has 0 amide bonds. The molecule has 13 rings (SSSR count). The number of hydrogen-bond donors (Lipinski definition) is 0. The Labute approximate surface area is 454 Å². The van der Waals surface area contributed by atoms with Gasteiger partial charge in [-0.05, 0) is 159 Å². The van der Waals surface area contributed by atoms with Crippen LogP contribution in [0.15, 0.2) is 223 Å². The molecule has 0 unspecified atom stereocenters. The van der Waals surface area contributed by atoms with Crippen LogP contribution in [0.1, 0.15) is 69.5 Å². The minimum absolute atomic E-state index is 0.144. The van der Waals surface area contributed by atoms with Crippen LogP contribution in [0.5, 0.6) is 0 Å². The van der Waals surface area contributed by atoms with Crippen LogP contribution in [0.2, 0.25) is 0 Å². The van der Waals surface area contributed by atoms with Crippen molar-refractivity contribution in [3.05, 3.63) is 274 Å². The summed E-state index contributed by atoms with van der Waals surface area (Å²) in [6.07, 6.45) is -14.0. The zero-order valence-corrected chi connectivity index (χ0v) is 43.0. The summed E-state index contributed by atoms with van der Waals surface area (Å²) in [6, 6.07) is 61.2.